The quantitative estimate of drug-likeness (QED) is 0.273. The lowest BCUT2D eigenvalue weighted by Gasteiger charge is -2.02. The first kappa shape index (κ1) is 9.83. The van der Waals surface area contributed by atoms with E-state index in [2.05, 4.69) is 10.4 Å². The maximum atomic E-state index is 5.78. The molecule has 0 aliphatic carbocycles. The van der Waals surface area contributed by atoms with Gasteiger partial charge in [0.2, 0.25) is 5.96 Å². The van der Waals surface area contributed by atoms with Gasteiger partial charge in [0, 0.05) is 5.02 Å². The van der Waals surface area contributed by atoms with Crippen molar-refractivity contribution in [3.8, 4) is 0 Å². The second-order valence-electron chi connectivity index (χ2n) is 2.57. The van der Waals surface area contributed by atoms with E-state index in [0.29, 0.717) is 10.7 Å². The minimum absolute atomic E-state index is 0.158. The number of hydrazine groups is 1. The number of nitrogens with one attached hydrogen (secondary N) is 1. The topological polar surface area (TPSA) is 76.4 Å². The molecule has 1 aromatic carbocycles. The van der Waals surface area contributed by atoms with Gasteiger partial charge in [0.05, 0.1) is 5.69 Å². The first-order chi connectivity index (χ1) is 6.13. The van der Waals surface area contributed by atoms with Crippen LogP contribution < -0.4 is 17.0 Å². The molecule has 0 spiro atoms. The predicted octanol–water partition coefficient (Wildman–Crippen LogP) is 1.06. The van der Waals surface area contributed by atoms with Gasteiger partial charge in [0.1, 0.15) is 0 Å². The van der Waals surface area contributed by atoms with Gasteiger partial charge >= 0.3 is 0 Å². The Hall–Kier alpha value is -1.26. The third kappa shape index (κ3) is 2.61. The van der Waals surface area contributed by atoms with Crippen LogP contribution >= 0.6 is 11.6 Å². The number of aryl methyl sites for hydroxylation is 1. The number of rotatable bonds is 1. The Morgan fingerprint density at radius 3 is 2.85 bits per heavy atom. The molecule has 0 bridgehead atoms. The van der Waals surface area contributed by atoms with Crippen molar-refractivity contribution in [1.82, 2.24) is 5.43 Å². The molecule has 0 saturated heterocycles. The van der Waals surface area contributed by atoms with Crippen LogP contribution in [0.2, 0.25) is 5.02 Å². The molecule has 0 amide bonds. The first-order valence-corrected chi connectivity index (χ1v) is 4.08. The number of hydrogen-bond donors (Lipinski definition) is 3. The summed E-state index contributed by atoms with van der Waals surface area (Å²) < 4.78 is 0. The Bertz CT molecular complexity index is 335. The fourth-order valence-electron chi connectivity index (χ4n) is 0.865. The van der Waals surface area contributed by atoms with Crippen LogP contribution in [0.4, 0.5) is 5.69 Å². The fraction of sp³-hybridized carbons (Fsp3) is 0.125. The molecule has 0 heterocycles. The number of aliphatic imine (C=N–C) groups is 1. The maximum absolute atomic E-state index is 5.78. The summed E-state index contributed by atoms with van der Waals surface area (Å²) in [6, 6.07) is 5.38. The summed E-state index contributed by atoms with van der Waals surface area (Å²) in [6.45, 7) is 1.92. The van der Waals surface area contributed by atoms with E-state index < -0.39 is 0 Å². The van der Waals surface area contributed by atoms with Crippen molar-refractivity contribution >= 4 is 23.2 Å². The van der Waals surface area contributed by atoms with Gasteiger partial charge in [-0.05, 0) is 24.6 Å². The minimum atomic E-state index is 0.158. The SMILES string of the molecule is Cc1ccc(Cl)cc1N=C(N)NN. The Morgan fingerprint density at radius 2 is 2.23 bits per heavy atom. The van der Waals surface area contributed by atoms with Gasteiger partial charge in [0.25, 0.3) is 0 Å². The second-order valence-corrected chi connectivity index (χ2v) is 3.01. The van der Waals surface area contributed by atoms with Crippen LogP contribution in [0, 0.1) is 6.92 Å². The van der Waals surface area contributed by atoms with Gasteiger partial charge in [0.15, 0.2) is 0 Å². The highest BCUT2D eigenvalue weighted by molar-refractivity contribution is 6.30. The number of benzene rings is 1. The average molecular weight is 199 g/mol. The van der Waals surface area contributed by atoms with E-state index in [1.807, 2.05) is 13.0 Å². The summed E-state index contributed by atoms with van der Waals surface area (Å²) in [6.07, 6.45) is 0. The van der Waals surface area contributed by atoms with Crippen molar-refractivity contribution in [1.29, 1.82) is 0 Å². The van der Waals surface area contributed by atoms with Crippen LogP contribution in [0.3, 0.4) is 0 Å². The largest absolute Gasteiger partial charge is 0.369 e. The van der Waals surface area contributed by atoms with Gasteiger partial charge in [-0.25, -0.2) is 10.8 Å². The smallest absolute Gasteiger partial charge is 0.208 e. The molecule has 13 heavy (non-hydrogen) atoms. The normalized spacial score (nSPS) is 11.5. The van der Waals surface area contributed by atoms with Crippen LogP contribution in [0.25, 0.3) is 0 Å². The lowest BCUT2D eigenvalue weighted by Crippen LogP contribution is -2.36. The molecule has 0 fully saturated rings. The molecular weight excluding hydrogens is 188 g/mol. The summed E-state index contributed by atoms with van der Waals surface area (Å²) in [5, 5.41) is 0.620. The zero-order chi connectivity index (χ0) is 9.84. The van der Waals surface area contributed by atoms with Crippen molar-refractivity contribution in [2.45, 2.75) is 6.92 Å². The Kier molecular flexibility index (Phi) is 3.11. The van der Waals surface area contributed by atoms with E-state index in [0.717, 1.165) is 5.56 Å². The molecule has 1 rings (SSSR count). The molecule has 0 atom stereocenters. The number of guanidine groups is 1. The molecule has 70 valence electrons. The monoisotopic (exact) mass is 198 g/mol. The fourth-order valence-corrected chi connectivity index (χ4v) is 1.03. The molecule has 0 aromatic heterocycles. The number of nitrogens with two attached hydrogens (primary N) is 2. The molecule has 5 heteroatoms. The Labute approximate surface area is 81.6 Å². The van der Waals surface area contributed by atoms with E-state index >= 15 is 0 Å². The van der Waals surface area contributed by atoms with Crippen LogP contribution in [0.1, 0.15) is 5.56 Å². The van der Waals surface area contributed by atoms with Crippen molar-refractivity contribution < 1.29 is 0 Å². The molecule has 0 aliphatic heterocycles. The van der Waals surface area contributed by atoms with Crippen molar-refractivity contribution in [3.63, 3.8) is 0 Å². The van der Waals surface area contributed by atoms with Crippen LogP contribution in [0.5, 0.6) is 0 Å². The summed E-state index contributed by atoms with van der Waals surface area (Å²) in [5.41, 5.74) is 9.34. The summed E-state index contributed by atoms with van der Waals surface area (Å²) in [4.78, 5) is 4.01. The summed E-state index contributed by atoms with van der Waals surface area (Å²) >= 11 is 5.78. The minimum Gasteiger partial charge on any atom is -0.369 e. The molecule has 4 nitrogen and oxygen atoms in total. The lowest BCUT2D eigenvalue weighted by atomic mass is 10.2. The number of hydrogen-bond acceptors (Lipinski definition) is 2. The molecule has 5 N–H and O–H groups in total. The van der Waals surface area contributed by atoms with Gasteiger partial charge in [-0.1, -0.05) is 17.7 Å². The molecule has 0 saturated carbocycles. The zero-order valence-electron chi connectivity index (χ0n) is 7.21. The van der Waals surface area contributed by atoms with Crippen molar-refractivity contribution in [2.75, 3.05) is 0 Å². The number of halogens is 1. The van der Waals surface area contributed by atoms with Crippen LogP contribution in [-0.2, 0) is 0 Å². The van der Waals surface area contributed by atoms with Crippen molar-refractivity contribution in [2.24, 2.45) is 16.6 Å². The first-order valence-electron chi connectivity index (χ1n) is 3.70. The van der Waals surface area contributed by atoms with E-state index in [-0.39, 0.29) is 5.96 Å². The molecular formula is C8H11ClN4. The predicted molar refractivity (Wildman–Crippen MR) is 54.8 cm³/mol. The summed E-state index contributed by atoms with van der Waals surface area (Å²) in [7, 11) is 0. The van der Waals surface area contributed by atoms with Crippen LogP contribution in [-0.4, -0.2) is 5.96 Å². The highest BCUT2D eigenvalue weighted by Gasteiger charge is 1.97. The van der Waals surface area contributed by atoms with E-state index in [4.69, 9.17) is 23.2 Å². The molecule has 0 radical (unpaired) electrons. The zero-order valence-corrected chi connectivity index (χ0v) is 7.97. The van der Waals surface area contributed by atoms with Gasteiger partial charge in [-0.15, -0.1) is 0 Å². The third-order valence-corrected chi connectivity index (χ3v) is 1.80. The maximum Gasteiger partial charge on any atom is 0.208 e. The lowest BCUT2D eigenvalue weighted by molar-refractivity contribution is 1.01. The second kappa shape index (κ2) is 4.11. The van der Waals surface area contributed by atoms with E-state index in [9.17, 15) is 0 Å². The number of nitrogens with zero attached hydrogens (tertiary/aromatic N) is 1. The average Bonchev–Trinajstić information content (AvgIpc) is 2.11. The standard InChI is InChI=1S/C8H11ClN4/c1-5-2-3-6(9)4-7(5)12-8(10)13-11/h2-4H,11H2,1H3,(H3,10,12,13). The molecule has 0 aliphatic rings. The third-order valence-electron chi connectivity index (χ3n) is 1.56. The van der Waals surface area contributed by atoms with Gasteiger partial charge in [-0.3, -0.25) is 5.43 Å². The van der Waals surface area contributed by atoms with Crippen molar-refractivity contribution in [3.05, 3.63) is 28.8 Å². The Morgan fingerprint density at radius 1 is 1.54 bits per heavy atom. The van der Waals surface area contributed by atoms with Gasteiger partial charge in [-0.2, -0.15) is 0 Å². The van der Waals surface area contributed by atoms with E-state index in [1.165, 1.54) is 0 Å². The highest BCUT2D eigenvalue weighted by atomic mass is 35.5. The van der Waals surface area contributed by atoms with Crippen LogP contribution in [0.15, 0.2) is 23.2 Å². The van der Waals surface area contributed by atoms with Gasteiger partial charge < -0.3 is 5.73 Å². The van der Waals surface area contributed by atoms with E-state index in [1.54, 1.807) is 12.1 Å². The highest BCUT2D eigenvalue weighted by Crippen LogP contribution is 2.22. The summed E-state index contributed by atoms with van der Waals surface area (Å²) in [5.74, 6) is 5.23. The molecule has 1 aromatic rings. The Balaban J connectivity index is 3.07. The molecule has 0 unspecified atom stereocenters.